The molecule has 160 valence electrons. The predicted molar refractivity (Wildman–Crippen MR) is 119 cm³/mol. The monoisotopic (exact) mass is 437 g/mol. The minimum absolute atomic E-state index is 0.0535. The number of piperazine rings is 1. The fourth-order valence-electron chi connectivity index (χ4n) is 4.45. The summed E-state index contributed by atoms with van der Waals surface area (Å²) in [5.41, 5.74) is 4.36. The van der Waals surface area contributed by atoms with Crippen LogP contribution in [-0.4, -0.2) is 60.9 Å². The highest BCUT2D eigenvalue weighted by Crippen LogP contribution is 2.38. The van der Waals surface area contributed by atoms with Crippen LogP contribution in [-0.2, 0) is 16.4 Å². The Morgan fingerprint density at radius 1 is 1.06 bits per heavy atom. The first-order valence-electron chi connectivity index (χ1n) is 10.3. The lowest BCUT2D eigenvalue weighted by molar-refractivity contribution is 0.0699. The number of hydrogen-bond acceptors (Lipinski definition) is 5. The van der Waals surface area contributed by atoms with Gasteiger partial charge in [0.05, 0.1) is 29.3 Å². The molecule has 1 amide bonds. The molecular weight excluding hydrogens is 414 g/mol. The van der Waals surface area contributed by atoms with Gasteiger partial charge in [-0.2, -0.15) is 4.31 Å². The van der Waals surface area contributed by atoms with Gasteiger partial charge in [0.2, 0.25) is 10.0 Å². The molecule has 0 saturated carbocycles. The van der Waals surface area contributed by atoms with Crippen LogP contribution in [0.25, 0.3) is 22.6 Å². The Labute approximate surface area is 181 Å². The van der Waals surface area contributed by atoms with Crippen LogP contribution in [0, 0.1) is 0 Å². The Kier molecular flexibility index (Phi) is 4.91. The number of para-hydroxylation sites is 1. The summed E-state index contributed by atoms with van der Waals surface area (Å²) in [4.78, 5) is 20.3. The third-order valence-electron chi connectivity index (χ3n) is 6.01. The first-order valence-corrected chi connectivity index (χ1v) is 12.2. The van der Waals surface area contributed by atoms with Gasteiger partial charge in [-0.05, 0) is 48.3 Å². The summed E-state index contributed by atoms with van der Waals surface area (Å²) >= 11 is 0. The zero-order chi connectivity index (χ0) is 21.6. The van der Waals surface area contributed by atoms with Crippen LogP contribution < -0.4 is 0 Å². The van der Waals surface area contributed by atoms with E-state index in [0.717, 1.165) is 46.3 Å². The van der Waals surface area contributed by atoms with Crippen molar-refractivity contribution in [3.8, 4) is 0 Å². The van der Waals surface area contributed by atoms with E-state index in [0.29, 0.717) is 31.7 Å². The van der Waals surface area contributed by atoms with Gasteiger partial charge in [-0.1, -0.05) is 18.2 Å². The van der Waals surface area contributed by atoms with Crippen molar-refractivity contribution in [1.29, 1.82) is 0 Å². The van der Waals surface area contributed by atoms with Crippen molar-refractivity contribution in [3.05, 3.63) is 65.2 Å². The number of allylic oxidation sites excluding steroid dienone is 1. The van der Waals surface area contributed by atoms with Crippen molar-refractivity contribution < 1.29 is 17.6 Å². The zero-order valence-corrected chi connectivity index (χ0v) is 18.1. The Hall–Kier alpha value is -2.97. The molecule has 7 nitrogen and oxygen atoms in total. The van der Waals surface area contributed by atoms with E-state index in [1.165, 1.54) is 10.6 Å². The van der Waals surface area contributed by atoms with Gasteiger partial charge in [-0.25, -0.2) is 13.4 Å². The smallest absolute Gasteiger partial charge is 0.254 e. The SMILES string of the molecule is CS(=O)(=O)N1CCN(C(=O)c2c3c(nc4ccccc24)C(=Cc2ccco2)CC3)CC1. The number of furan rings is 1. The van der Waals surface area contributed by atoms with Crippen molar-refractivity contribution >= 4 is 38.5 Å². The average molecular weight is 438 g/mol. The van der Waals surface area contributed by atoms with Crippen molar-refractivity contribution in [1.82, 2.24) is 14.2 Å². The summed E-state index contributed by atoms with van der Waals surface area (Å²) in [6.45, 7) is 1.40. The number of carbonyl (C=O) groups excluding carboxylic acids is 1. The first-order chi connectivity index (χ1) is 14.9. The third kappa shape index (κ3) is 3.66. The highest BCUT2D eigenvalue weighted by atomic mass is 32.2. The topological polar surface area (TPSA) is 83.7 Å². The molecule has 3 heterocycles. The number of benzene rings is 1. The summed E-state index contributed by atoms with van der Waals surface area (Å²) in [6, 6.07) is 11.5. The van der Waals surface area contributed by atoms with Crippen LogP contribution in [0.3, 0.4) is 0 Å². The van der Waals surface area contributed by atoms with Crippen molar-refractivity contribution in [2.75, 3.05) is 32.4 Å². The molecule has 1 fully saturated rings. The summed E-state index contributed by atoms with van der Waals surface area (Å²) in [6.07, 6.45) is 6.38. The lowest BCUT2D eigenvalue weighted by Crippen LogP contribution is -2.50. The molecule has 0 spiro atoms. The molecule has 0 N–H and O–H groups in total. The van der Waals surface area contributed by atoms with Crippen LogP contribution >= 0.6 is 0 Å². The van der Waals surface area contributed by atoms with Crippen molar-refractivity contribution in [2.45, 2.75) is 12.8 Å². The maximum absolute atomic E-state index is 13.6. The minimum atomic E-state index is -3.25. The summed E-state index contributed by atoms with van der Waals surface area (Å²) in [7, 11) is -3.25. The highest BCUT2D eigenvalue weighted by Gasteiger charge is 2.32. The Balaban J connectivity index is 1.56. The van der Waals surface area contributed by atoms with Crippen LogP contribution in [0.4, 0.5) is 0 Å². The lowest BCUT2D eigenvalue weighted by atomic mass is 9.99. The number of amides is 1. The molecule has 1 aliphatic carbocycles. The van der Waals surface area contributed by atoms with Gasteiger partial charge in [0, 0.05) is 31.6 Å². The second-order valence-corrected chi connectivity index (χ2v) is 9.95. The van der Waals surface area contributed by atoms with Gasteiger partial charge < -0.3 is 9.32 Å². The largest absolute Gasteiger partial charge is 0.465 e. The van der Waals surface area contributed by atoms with E-state index < -0.39 is 10.0 Å². The maximum Gasteiger partial charge on any atom is 0.254 e. The number of fused-ring (bicyclic) bond motifs is 2. The van der Waals surface area contributed by atoms with Crippen molar-refractivity contribution in [2.24, 2.45) is 0 Å². The molecule has 2 aliphatic rings. The number of sulfonamides is 1. The molecule has 1 aliphatic heterocycles. The molecule has 0 radical (unpaired) electrons. The van der Waals surface area contributed by atoms with Gasteiger partial charge in [0.25, 0.3) is 5.91 Å². The van der Waals surface area contributed by atoms with Crippen LogP contribution in [0.1, 0.15) is 33.8 Å². The fourth-order valence-corrected chi connectivity index (χ4v) is 5.28. The summed E-state index contributed by atoms with van der Waals surface area (Å²) < 4.78 is 30.6. The van der Waals surface area contributed by atoms with Crippen LogP contribution in [0.15, 0.2) is 47.1 Å². The Bertz CT molecular complexity index is 1290. The van der Waals surface area contributed by atoms with E-state index in [1.54, 1.807) is 11.2 Å². The molecule has 0 bridgehead atoms. The van der Waals surface area contributed by atoms with Crippen LogP contribution in [0.2, 0.25) is 0 Å². The number of carbonyl (C=O) groups is 1. The fraction of sp³-hybridized carbons (Fsp3) is 0.304. The zero-order valence-electron chi connectivity index (χ0n) is 17.2. The van der Waals surface area contributed by atoms with E-state index >= 15 is 0 Å². The second-order valence-electron chi connectivity index (χ2n) is 7.97. The van der Waals surface area contributed by atoms with Gasteiger partial charge in [-0.15, -0.1) is 0 Å². The minimum Gasteiger partial charge on any atom is -0.465 e. The molecule has 2 aromatic heterocycles. The van der Waals surface area contributed by atoms with Gasteiger partial charge in [0.15, 0.2) is 0 Å². The molecule has 1 aromatic carbocycles. The molecule has 8 heteroatoms. The number of nitrogens with zero attached hydrogens (tertiary/aromatic N) is 3. The standard InChI is InChI=1S/C23H23N3O4S/c1-31(28,29)26-12-10-25(11-13-26)23(27)21-18-6-2-3-7-20(18)24-22-16(8-9-19(21)22)15-17-5-4-14-30-17/h2-7,14-15H,8-13H2,1H3. The van der Waals surface area contributed by atoms with Crippen molar-refractivity contribution in [3.63, 3.8) is 0 Å². The maximum atomic E-state index is 13.6. The molecule has 1 saturated heterocycles. The molecule has 0 atom stereocenters. The van der Waals surface area contributed by atoms with E-state index in [-0.39, 0.29) is 5.91 Å². The third-order valence-corrected chi connectivity index (χ3v) is 7.31. The molecule has 0 unspecified atom stereocenters. The quantitative estimate of drug-likeness (QED) is 0.629. The predicted octanol–water partition coefficient (Wildman–Crippen LogP) is 3.03. The number of rotatable bonds is 3. The van der Waals surface area contributed by atoms with E-state index in [9.17, 15) is 13.2 Å². The lowest BCUT2D eigenvalue weighted by Gasteiger charge is -2.33. The average Bonchev–Trinajstić information content (AvgIpc) is 3.42. The summed E-state index contributed by atoms with van der Waals surface area (Å²) in [5.74, 6) is 0.713. The second kappa shape index (κ2) is 7.62. The van der Waals surface area contributed by atoms with Gasteiger partial charge in [0.1, 0.15) is 5.76 Å². The van der Waals surface area contributed by atoms with Gasteiger partial charge >= 0.3 is 0 Å². The Morgan fingerprint density at radius 3 is 2.55 bits per heavy atom. The van der Waals surface area contributed by atoms with Gasteiger partial charge in [-0.3, -0.25) is 4.79 Å². The summed E-state index contributed by atoms with van der Waals surface area (Å²) in [5, 5.41) is 0.844. The number of hydrogen-bond donors (Lipinski definition) is 0. The first kappa shape index (κ1) is 20.0. The molecule has 31 heavy (non-hydrogen) atoms. The van der Waals surface area contributed by atoms with E-state index in [1.807, 2.05) is 42.5 Å². The van der Waals surface area contributed by atoms with E-state index in [2.05, 4.69) is 0 Å². The molecular formula is C23H23N3O4S. The normalized spacial score (nSPS) is 18.6. The molecule has 3 aromatic rings. The number of aromatic nitrogens is 1. The number of pyridine rings is 1. The van der Waals surface area contributed by atoms with Crippen LogP contribution in [0.5, 0.6) is 0 Å². The highest BCUT2D eigenvalue weighted by molar-refractivity contribution is 7.88. The Morgan fingerprint density at radius 2 is 1.84 bits per heavy atom. The van der Waals surface area contributed by atoms with E-state index in [4.69, 9.17) is 9.40 Å². The molecule has 5 rings (SSSR count).